The highest BCUT2D eigenvalue weighted by atomic mass is 35.5. The molecule has 0 spiro atoms. The van der Waals surface area contributed by atoms with Crippen molar-refractivity contribution in [2.45, 2.75) is 11.7 Å². The Bertz CT molecular complexity index is 676. The molecule has 0 saturated carbocycles. The highest BCUT2D eigenvalue weighted by molar-refractivity contribution is 6.31. The highest BCUT2D eigenvalue weighted by Gasteiger charge is 2.62. The summed E-state index contributed by atoms with van der Waals surface area (Å²) < 4.78 is 5.34. The molecule has 1 aliphatic heterocycles. The molecule has 19 heavy (non-hydrogen) atoms. The smallest absolute Gasteiger partial charge is 0.227 e. The Hall–Kier alpha value is -2.52. The Labute approximate surface area is 114 Å². The molecule has 1 aromatic carbocycles. The SMILES string of the molecule is N#CC(C#N)=C(N)C1(C#N)OC1c1ccccc1Cl. The van der Waals surface area contributed by atoms with Crippen molar-refractivity contribution in [3.05, 3.63) is 46.1 Å². The van der Waals surface area contributed by atoms with Gasteiger partial charge in [0.1, 0.15) is 24.3 Å². The van der Waals surface area contributed by atoms with E-state index in [1.54, 1.807) is 36.4 Å². The number of nitrogens with zero attached hydrogens (tertiary/aromatic N) is 3. The maximum absolute atomic E-state index is 9.24. The van der Waals surface area contributed by atoms with Crippen molar-refractivity contribution in [1.29, 1.82) is 15.8 Å². The number of ether oxygens (including phenoxy) is 1. The molecular weight excluding hydrogens is 264 g/mol. The van der Waals surface area contributed by atoms with Crippen LogP contribution < -0.4 is 5.73 Å². The monoisotopic (exact) mass is 270 g/mol. The molecule has 2 rings (SSSR count). The predicted octanol–water partition coefficient (Wildman–Crippen LogP) is 1.93. The fraction of sp³-hybridized carbons (Fsp3) is 0.154. The predicted molar refractivity (Wildman–Crippen MR) is 66.1 cm³/mol. The first kappa shape index (κ1) is 12.9. The van der Waals surface area contributed by atoms with E-state index >= 15 is 0 Å². The molecule has 1 saturated heterocycles. The first-order valence-electron chi connectivity index (χ1n) is 5.24. The number of nitriles is 3. The maximum atomic E-state index is 9.24. The van der Waals surface area contributed by atoms with Crippen molar-refractivity contribution >= 4 is 11.6 Å². The van der Waals surface area contributed by atoms with Crippen LogP contribution in [0, 0.1) is 34.0 Å². The van der Waals surface area contributed by atoms with Crippen LogP contribution in [0.5, 0.6) is 0 Å². The van der Waals surface area contributed by atoms with Gasteiger partial charge in [-0.15, -0.1) is 0 Å². The van der Waals surface area contributed by atoms with E-state index in [0.29, 0.717) is 10.6 Å². The third-order valence-electron chi connectivity index (χ3n) is 2.86. The van der Waals surface area contributed by atoms with Gasteiger partial charge in [-0.25, -0.2) is 0 Å². The van der Waals surface area contributed by atoms with Gasteiger partial charge in [0, 0.05) is 10.6 Å². The molecule has 2 unspecified atom stereocenters. The van der Waals surface area contributed by atoms with Crippen molar-refractivity contribution in [2.75, 3.05) is 0 Å². The number of benzene rings is 1. The number of allylic oxidation sites excluding steroid dienone is 1. The van der Waals surface area contributed by atoms with Gasteiger partial charge >= 0.3 is 0 Å². The second-order valence-corrected chi connectivity index (χ2v) is 4.29. The summed E-state index contributed by atoms with van der Waals surface area (Å²) in [6.45, 7) is 0. The second kappa shape index (κ2) is 4.63. The van der Waals surface area contributed by atoms with Gasteiger partial charge in [0.05, 0.1) is 5.70 Å². The molecule has 5 nitrogen and oxygen atoms in total. The van der Waals surface area contributed by atoms with Crippen molar-refractivity contribution in [1.82, 2.24) is 0 Å². The molecule has 1 fully saturated rings. The van der Waals surface area contributed by atoms with Crippen molar-refractivity contribution in [3.8, 4) is 18.2 Å². The summed E-state index contributed by atoms with van der Waals surface area (Å²) in [4.78, 5) is 0. The topological polar surface area (TPSA) is 110 Å². The standard InChI is InChI=1S/C13H7ClN4O/c14-10-4-2-1-3-9(10)12-13(7-17,19-12)11(18)8(5-15)6-16/h1-4,12H,18H2. The lowest BCUT2D eigenvalue weighted by atomic mass is 9.95. The Morgan fingerprint density at radius 3 is 2.42 bits per heavy atom. The van der Waals surface area contributed by atoms with Crippen molar-refractivity contribution < 1.29 is 4.74 Å². The second-order valence-electron chi connectivity index (χ2n) is 3.88. The molecular formula is C13H7ClN4O. The van der Waals surface area contributed by atoms with E-state index in [2.05, 4.69) is 0 Å². The fourth-order valence-corrected chi connectivity index (χ4v) is 2.04. The van der Waals surface area contributed by atoms with E-state index in [4.69, 9.17) is 32.6 Å². The van der Waals surface area contributed by atoms with E-state index in [1.807, 2.05) is 6.07 Å². The molecule has 1 aromatic rings. The lowest BCUT2D eigenvalue weighted by Gasteiger charge is -2.05. The minimum Gasteiger partial charge on any atom is -0.397 e. The Morgan fingerprint density at radius 2 is 1.89 bits per heavy atom. The van der Waals surface area contributed by atoms with E-state index in [-0.39, 0.29) is 11.3 Å². The van der Waals surface area contributed by atoms with Crippen LogP contribution in [0.25, 0.3) is 0 Å². The first-order valence-corrected chi connectivity index (χ1v) is 5.62. The molecule has 1 heterocycles. The van der Waals surface area contributed by atoms with Gasteiger partial charge in [-0.1, -0.05) is 29.8 Å². The first-order chi connectivity index (χ1) is 9.10. The van der Waals surface area contributed by atoms with Gasteiger partial charge < -0.3 is 10.5 Å². The molecule has 0 amide bonds. The van der Waals surface area contributed by atoms with Gasteiger partial charge in [-0.3, -0.25) is 0 Å². The zero-order valence-electron chi connectivity index (χ0n) is 9.59. The van der Waals surface area contributed by atoms with E-state index in [9.17, 15) is 5.26 Å². The molecule has 1 aliphatic rings. The summed E-state index contributed by atoms with van der Waals surface area (Å²) in [5, 5.41) is 27.3. The number of hydrogen-bond donors (Lipinski definition) is 1. The van der Waals surface area contributed by atoms with Crippen LogP contribution in [0.15, 0.2) is 35.5 Å². The minimum absolute atomic E-state index is 0.176. The number of nitrogens with two attached hydrogens (primary N) is 1. The number of hydrogen-bond acceptors (Lipinski definition) is 5. The summed E-state index contributed by atoms with van der Waals surface area (Å²) >= 11 is 6.02. The summed E-state index contributed by atoms with van der Waals surface area (Å²) in [6.07, 6.45) is -0.664. The molecule has 6 heteroatoms. The quantitative estimate of drug-likeness (QED) is 0.652. The number of epoxide rings is 1. The zero-order valence-corrected chi connectivity index (χ0v) is 10.3. The molecule has 0 aromatic heterocycles. The molecule has 2 N–H and O–H groups in total. The lowest BCUT2D eigenvalue weighted by Crippen LogP contribution is -2.22. The summed E-state index contributed by atoms with van der Waals surface area (Å²) in [5.74, 6) is 0. The molecule has 2 atom stereocenters. The highest BCUT2D eigenvalue weighted by Crippen LogP contribution is 2.54. The number of rotatable bonds is 2. The summed E-state index contributed by atoms with van der Waals surface area (Å²) in [5.41, 5.74) is 4.33. The van der Waals surface area contributed by atoms with Crippen molar-refractivity contribution in [3.63, 3.8) is 0 Å². The molecule has 0 aliphatic carbocycles. The van der Waals surface area contributed by atoms with Crippen molar-refractivity contribution in [2.24, 2.45) is 5.73 Å². The number of halogens is 1. The Kier molecular flexibility index (Phi) is 3.15. The lowest BCUT2D eigenvalue weighted by molar-refractivity contribution is 0.356. The average Bonchev–Trinajstić information content (AvgIpc) is 3.16. The minimum atomic E-state index is -1.48. The van der Waals surface area contributed by atoms with Crippen LogP contribution in [-0.2, 0) is 4.74 Å². The maximum Gasteiger partial charge on any atom is 0.227 e. The van der Waals surface area contributed by atoms with Gasteiger partial charge in [-0.05, 0) is 6.07 Å². The fourth-order valence-electron chi connectivity index (χ4n) is 1.80. The van der Waals surface area contributed by atoms with E-state index in [0.717, 1.165) is 0 Å². The van der Waals surface area contributed by atoms with Gasteiger partial charge in [0.25, 0.3) is 0 Å². The van der Waals surface area contributed by atoms with Gasteiger partial charge in [0.15, 0.2) is 5.57 Å². The van der Waals surface area contributed by atoms with E-state index < -0.39 is 11.7 Å². The summed E-state index contributed by atoms with van der Waals surface area (Å²) in [6, 6.07) is 12.1. The summed E-state index contributed by atoms with van der Waals surface area (Å²) in [7, 11) is 0. The van der Waals surface area contributed by atoms with Crippen LogP contribution in [0.2, 0.25) is 5.02 Å². The van der Waals surface area contributed by atoms with Crippen LogP contribution >= 0.6 is 11.6 Å². The third-order valence-corrected chi connectivity index (χ3v) is 3.21. The molecule has 0 radical (unpaired) electrons. The van der Waals surface area contributed by atoms with Gasteiger partial charge in [0.2, 0.25) is 5.60 Å². The van der Waals surface area contributed by atoms with Crippen LogP contribution in [0.1, 0.15) is 11.7 Å². The van der Waals surface area contributed by atoms with E-state index in [1.165, 1.54) is 0 Å². The van der Waals surface area contributed by atoms with Gasteiger partial charge in [-0.2, -0.15) is 15.8 Å². The normalized spacial score (nSPS) is 23.6. The zero-order chi connectivity index (χ0) is 14.0. The van der Waals surface area contributed by atoms with Crippen LogP contribution in [0.4, 0.5) is 0 Å². The average molecular weight is 271 g/mol. The molecule has 92 valence electrons. The largest absolute Gasteiger partial charge is 0.397 e. The Balaban J connectivity index is 2.46. The third kappa shape index (κ3) is 1.90. The van der Waals surface area contributed by atoms with Crippen LogP contribution in [0.3, 0.4) is 0 Å². The Morgan fingerprint density at radius 1 is 1.26 bits per heavy atom. The van der Waals surface area contributed by atoms with Crippen LogP contribution in [-0.4, -0.2) is 5.60 Å². The molecule has 0 bridgehead atoms.